The van der Waals surface area contributed by atoms with Crippen LogP contribution in [0.1, 0.15) is 0 Å². The van der Waals surface area contributed by atoms with Crippen LogP contribution < -0.4 is 21.5 Å². The molecule has 2 heterocycles. The maximum absolute atomic E-state index is 5.62. The maximum atomic E-state index is 5.62. The van der Waals surface area contributed by atoms with Crippen LogP contribution in [0.3, 0.4) is 0 Å². The number of nitrogens with one attached hydrogen (secondary N) is 1. The van der Waals surface area contributed by atoms with E-state index in [1.165, 1.54) is 0 Å². The van der Waals surface area contributed by atoms with E-state index < -0.39 is 0 Å². The standard InChI is InChI=1S/C12H10N4/c13-12-15-7-9-6-14-5-8-3-1-2-4-10(8)11(9)16-12/h1-7,14H,(H2,13,16). The zero-order valence-electron chi connectivity index (χ0n) is 8.51. The second-order valence-corrected chi connectivity index (χ2v) is 3.57. The molecule has 3 N–H and O–H groups in total. The Bertz CT molecular complexity index is 749. The Kier molecular flexibility index (Phi) is 1.86. The summed E-state index contributed by atoms with van der Waals surface area (Å²) >= 11 is 0. The van der Waals surface area contributed by atoms with Crippen molar-refractivity contribution in [3.63, 3.8) is 0 Å². The summed E-state index contributed by atoms with van der Waals surface area (Å²) in [6.45, 7) is 0. The van der Waals surface area contributed by atoms with Gasteiger partial charge in [0.2, 0.25) is 5.95 Å². The third kappa shape index (κ3) is 1.32. The number of nitrogens with zero attached hydrogens (tertiary/aromatic N) is 2. The van der Waals surface area contributed by atoms with E-state index in [1.807, 2.05) is 36.7 Å². The van der Waals surface area contributed by atoms with Gasteiger partial charge in [0.1, 0.15) is 0 Å². The van der Waals surface area contributed by atoms with Crippen molar-refractivity contribution in [2.45, 2.75) is 0 Å². The minimum atomic E-state index is 0.295. The van der Waals surface area contributed by atoms with E-state index in [4.69, 9.17) is 5.73 Å². The van der Waals surface area contributed by atoms with E-state index in [1.54, 1.807) is 6.20 Å². The van der Waals surface area contributed by atoms with Crippen LogP contribution >= 0.6 is 0 Å². The van der Waals surface area contributed by atoms with Gasteiger partial charge < -0.3 is 11.1 Å². The van der Waals surface area contributed by atoms with Crippen LogP contribution in [0.2, 0.25) is 0 Å². The van der Waals surface area contributed by atoms with E-state index in [2.05, 4.69) is 15.3 Å². The molecule has 1 aliphatic rings. The number of nitrogens with two attached hydrogens (primary N) is 1. The van der Waals surface area contributed by atoms with Crippen molar-refractivity contribution in [2.24, 2.45) is 0 Å². The van der Waals surface area contributed by atoms with Gasteiger partial charge in [0.25, 0.3) is 0 Å². The van der Waals surface area contributed by atoms with E-state index in [0.29, 0.717) is 5.95 Å². The summed E-state index contributed by atoms with van der Waals surface area (Å²) in [5.74, 6) is 0.295. The highest BCUT2D eigenvalue weighted by atomic mass is 15.0. The van der Waals surface area contributed by atoms with Crippen LogP contribution in [0, 0.1) is 10.6 Å². The Labute approximate surface area is 91.5 Å². The molecule has 0 amide bonds. The van der Waals surface area contributed by atoms with Crippen molar-refractivity contribution in [2.75, 3.05) is 5.73 Å². The summed E-state index contributed by atoms with van der Waals surface area (Å²) in [7, 11) is 0. The summed E-state index contributed by atoms with van der Waals surface area (Å²) < 4.78 is 0. The summed E-state index contributed by atoms with van der Waals surface area (Å²) in [6.07, 6.45) is 5.53. The number of aromatic nitrogens is 2. The molecule has 0 saturated carbocycles. The topological polar surface area (TPSA) is 63.8 Å². The SMILES string of the molecule is Nc1ncc2c(n1)=c1ccccc1=CNC=2. The molecular weight excluding hydrogens is 200 g/mol. The first kappa shape index (κ1) is 8.91. The molecule has 1 aliphatic heterocycles. The Morgan fingerprint density at radius 2 is 1.88 bits per heavy atom. The first-order valence-electron chi connectivity index (χ1n) is 4.99. The summed E-state index contributed by atoms with van der Waals surface area (Å²) in [6, 6.07) is 8.04. The van der Waals surface area contributed by atoms with Gasteiger partial charge >= 0.3 is 0 Å². The van der Waals surface area contributed by atoms with Gasteiger partial charge in [-0.05, 0) is 5.22 Å². The summed E-state index contributed by atoms with van der Waals surface area (Å²) in [5.41, 5.74) is 5.62. The van der Waals surface area contributed by atoms with Crippen molar-refractivity contribution in [3.05, 3.63) is 51.5 Å². The van der Waals surface area contributed by atoms with Crippen LogP contribution in [0.5, 0.6) is 0 Å². The fourth-order valence-electron chi connectivity index (χ4n) is 1.79. The molecule has 0 spiro atoms. The molecule has 3 rings (SSSR count). The minimum absolute atomic E-state index is 0.295. The monoisotopic (exact) mass is 210 g/mol. The Morgan fingerprint density at radius 1 is 1.06 bits per heavy atom. The number of nitrogen functional groups attached to an aromatic ring is 1. The first-order chi connectivity index (χ1) is 7.84. The Hall–Kier alpha value is -2.36. The quantitative estimate of drug-likeness (QED) is 0.611. The van der Waals surface area contributed by atoms with Crippen LogP contribution in [0.25, 0.3) is 12.4 Å². The summed E-state index contributed by atoms with van der Waals surface area (Å²) in [4.78, 5) is 8.28. The third-order valence-electron chi connectivity index (χ3n) is 2.53. The molecule has 0 saturated heterocycles. The van der Waals surface area contributed by atoms with Gasteiger partial charge in [-0.25, -0.2) is 9.97 Å². The van der Waals surface area contributed by atoms with Crippen LogP contribution in [0.4, 0.5) is 5.95 Å². The Balaban J connectivity index is 2.70. The fraction of sp³-hybridized carbons (Fsp3) is 0. The lowest BCUT2D eigenvalue weighted by Gasteiger charge is -1.92. The van der Waals surface area contributed by atoms with Crippen LogP contribution in [-0.4, -0.2) is 9.97 Å². The molecule has 4 nitrogen and oxygen atoms in total. The lowest BCUT2D eigenvalue weighted by Crippen LogP contribution is -2.12. The number of fused-ring (bicyclic) bond motifs is 2. The molecular formula is C12H10N4. The normalized spacial score (nSPS) is 12.2. The number of benzene rings is 1. The average molecular weight is 210 g/mol. The van der Waals surface area contributed by atoms with Crippen molar-refractivity contribution in [1.29, 1.82) is 0 Å². The van der Waals surface area contributed by atoms with Crippen molar-refractivity contribution < 1.29 is 0 Å². The van der Waals surface area contributed by atoms with Gasteiger partial charge in [0, 0.05) is 29.0 Å². The molecule has 0 radical (unpaired) electrons. The van der Waals surface area contributed by atoms with Gasteiger partial charge in [0.15, 0.2) is 0 Å². The van der Waals surface area contributed by atoms with Gasteiger partial charge in [-0.1, -0.05) is 24.3 Å². The van der Waals surface area contributed by atoms with E-state index in [-0.39, 0.29) is 0 Å². The number of hydrogen-bond donors (Lipinski definition) is 2. The lowest BCUT2D eigenvalue weighted by atomic mass is 10.2. The van der Waals surface area contributed by atoms with Crippen LogP contribution in [-0.2, 0) is 0 Å². The highest BCUT2D eigenvalue weighted by molar-refractivity contribution is 5.38. The van der Waals surface area contributed by atoms with E-state index >= 15 is 0 Å². The predicted octanol–water partition coefficient (Wildman–Crippen LogP) is -0.575. The highest BCUT2D eigenvalue weighted by Crippen LogP contribution is 1.90. The van der Waals surface area contributed by atoms with E-state index in [0.717, 1.165) is 21.0 Å². The minimum Gasteiger partial charge on any atom is -0.368 e. The second kappa shape index (κ2) is 3.34. The lowest BCUT2D eigenvalue weighted by molar-refractivity contribution is 1.10. The van der Waals surface area contributed by atoms with Gasteiger partial charge in [-0.15, -0.1) is 0 Å². The summed E-state index contributed by atoms with van der Waals surface area (Å²) in [5, 5.41) is 7.07. The van der Waals surface area contributed by atoms with Crippen LogP contribution in [0.15, 0.2) is 30.5 Å². The number of hydrogen-bond acceptors (Lipinski definition) is 4. The molecule has 0 unspecified atom stereocenters. The molecule has 1 aromatic carbocycles. The zero-order valence-corrected chi connectivity index (χ0v) is 8.51. The zero-order chi connectivity index (χ0) is 11.0. The number of rotatable bonds is 0. The predicted molar refractivity (Wildman–Crippen MR) is 61.9 cm³/mol. The molecule has 1 aromatic heterocycles. The molecule has 0 atom stereocenters. The molecule has 4 heteroatoms. The van der Waals surface area contributed by atoms with Crippen molar-refractivity contribution >= 4 is 18.3 Å². The molecule has 0 fully saturated rings. The molecule has 78 valence electrons. The van der Waals surface area contributed by atoms with Crippen molar-refractivity contribution in [1.82, 2.24) is 15.3 Å². The third-order valence-corrected chi connectivity index (χ3v) is 2.53. The Morgan fingerprint density at radius 3 is 2.81 bits per heavy atom. The molecule has 0 bridgehead atoms. The fourth-order valence-corrected chi connectivity index (χ4v) is 1.79. The molecule has 16 heavy (non-hydrogen) atoms. The smallest absolute Gasteiger partial charge is 0.220 e. The van der Waals surface area contributed by atoms with Gasteiger partial charge in [-0.2, -0.15) is 0 Å². The maximum Gasteiger partial charge on any atom is 0.220 e. The first-order valence-corrected chi connectivity index (χ1v) is 4.99. The van der Waals surface area contributed by atoms with Gasteiger partial charge in [-0.3, -0.25) is 0 Å². The second-order valence-electron chi connectivity index (χ2n) is 3.57. The average Bonchev–Trinajstić information content (AvgIpc) is 2.48. The number of anilines is 1. The van der Waals surface area contributed by atoms with E-state index in [9.17, 15) is 0 Å². The molecule has 2 aromatic rings. The molecule has 0 aliphatic carbocycles. The largest absolute Gasteiger partial charge is 0.368 e. The van der Waals surface area contributed by atoms with Gasteiger partial charge in [0.05, 0.1) is 5.35 Å². The highest BCUT2D eigenvalue weighted by Gasteiger charge is 1.96. The van der Waals surface area contributed by atoms with Crippen molar-refractivity contribution in [3.8, 4) is 0 Å².